The minimum atomic E-state index is -0.136. The minimum Gasteiger partial charge on any atom is -0.497 e. The van der Waals surface area contributed by atoms with Crippen molar-refractivity contribution in [2.75, 3.05) is 7.11 Å². The van der Waals surface area contributed by atoms with Gasteiger partial charge in [0.2, 0.25) is 0 Å². The van der Waals surface area contributed by atoms with Crippen molar-refractivity contribution in [1.82, 2.24) is 20.1 Å². The third-order valence-electron chi connectivity index (χ3n) is 4.02. The van der Waals surface area contributed by atoms with E-state index in [4.69, 9.17) is 4.74 Å². The molecular weight excluding hydrogens is 348 g/mol. The first-order valence-corrected chi connectivity index (χ1v) is 9.21. The van der Waals surface area contributed by atoms with E-state index in [0.29, 0.717) is 12.2 Å². The van der Waals surface area contributed by atoms with Gasteiger partial charge in [-0.1, -0.05) is 26.0 Å². The topological polar surface area (TPSA) is 69.0 Å². The molecule has 0 aliphatic carbocycles. The highest BCUT2D eigenvalue weighted by atomic mass is 32.1. The van der Waals surface area contributed by atoms with Crippen LogP contribution < -0.4 is 10.1 Å². The lowest BCUT2D eigenvalue weighted by Crippen LogP contribution is -2.24. The Hall–Kier alpha value is -2.67. The Kier molecular flexibility index (Phi) is 5.37. The molecule has 0 unspecified atom stereocenters. The number of carbonyl (C=O) groups is 1. The van der Waals surface area contributed by atoms with Crippen LogP contribution in [0.4, 0.5) is 0 Å². The maximum Gasteiger partial charge on any atom is 0.269 e. The average Bonchev–Trinajstić information content (AvgIpc) is 3.26. The summed E-state index contributed by atoms with van der Waals surface area (Å²) in [6.07, 6.45) is 1.79. The van der Waals surface area contributed by atoms with E-state index in [9.17, 15) is 4.79 Å². The lowest BCUT2D eigenvalue weighted by molar-refractivity contribution is 0.0942. The summed E-state index contributed by atoms with van der Waals surface area (Å²) in [4.78, 5) is 17.9. The van der Waals surface area contributed by atoms with E-state index in [1.54, 1.807) is 36.4 Å². The molecule has 1 amide bonds. The number of carbonyl (C=O) groups excluding carboxylic acids is 1. The van der Waals surface area contributed by atoms with Crippen LogP contribution >= 0.6 is 11.3 Å². The van der Waals surface area contributed by atoms with Gasteiger partial charge in [0.1, 0.15) is 16.5 Å². The Morgan fingerprint density at radius 2 is 2.15 bits per heavy atom. The van der Waals surface area contributed by atoms with Gasteiger partial charge in [-0.25, -0.2) is 4.98 Å². The Morgan fingerprint density at radius 1 is 1.35 bits per heavy atom. The normalized spacial score (nSPS) is 11.0. The molecule has 1 N–H and O–H groups in total. The predicted molar refractivity (Wildman–Crippen MR) is 103 cm³/mol. The van der Waals surface area contributed by atoms with E-state index in [1.807, 2.05) is 30.3 Å². The second kappa shape index (κ2) is 7.70. The molecule has 2 aromatic heterocycles. The van der Waals surface area contributed by atoms with Crippen molar-refractivity contribution >= 4 is 17.2 Å². The van der Waals surface area contributed by atoms with Crippen LogP contribution in [-0.2, 0) is 13.6 Å². The van der Waals surface area contributed by atoms with Crippen LogP contribution in [0.3, 0.4) is 0 Å². The number of thiazole rings is 1. The second-order valence-electron chi connectivity index (χ2n) is 6.28. The van der Waals surface area contributed by atoms with E-state index < -0.39 is 0 Å². The number of amides is 1. The van der Waals surface area contributed by atoms with Gasteiger partial charge in [-0.2, -0.15) is 5.10 Å². The van der Waals surface area contributed by atoms with E-state index in [1.165, 1.54) is 0 Å². The van der Waals surface area contributed by atoms with Crippen LogP contribution in [0.2, 0.25) is 0 Å². The Bertz CT molecular complexity index is 914. The van der Waals surface area contributed by atoms with Crippen molar-refractivity contribution in [2.45, 2.75) is 26.3 Å². The van der Waals surface area contributed by atoms with Crippen molar-refractivity contribution in [3.8, 4) is 16.3 Å². The van der Waals surface area contributed by atoms with Gasteiger partial charge in [0.05, 0.1) is 19.3 Å². The highest BCUT2D eigenvalue weighted by molar-refractivity contribution is 7.15. The largest absolute Gasteiger partial charge is 0.497 e. The van der Waals surface area contributed by atoms with Gasteiger partial charge in [0, 0.05) is 23.7 Å². The SMILES string of the molecule is COc1cccc(-c2ncc(CNC(=O)c3cc(C(C)C)nn3C)s2)c1. The maximum absolute atomic E-state index is 12.4. The zero-order valence-corrected chi connectivity index (χ0v) is 16.1. The lowest BCUT2D eigenvalue weighted by atomic mass is 10.1. The number of rotatable bonds is 6. The quantitative estimate of drug-likeness (QED) is 0.720. The molecule has 0 bridgehead atoms. The van der Waals surface area contributed by atoms with Crippen LogP contribution in [0.1, 0.15) is 40.8 Å². The van der Waals surface area contributed by atoms with Crippen molar-refractivity contribution in [1.29, 1.82) is 0 Å². The van der Waals surface area contributed by atoms with Crippen LogP contribution in [-0.4, -0.2) is 27.8 Å². The van der Waals surface area contributed by atoms with Gasteiger partial charge < -0.3 is 10.1 Å². The van der Waals surface area contributed by atoms with Crippen LogP contribution in [0.5, 0.6) is 5.75 Å². The first-order valence-electron chi connectivity index (χ1n) is 8.39. The van der Waals surface area contributed by atoms with E-state index in [0.717, 1.165) is 26.9 Å². The number of hydrogen-bond acceptors (Lipinski definition) is 5. The smallest absolute Gasteiger partial charge is 0.269 e. The van der Waals surface area contributed by atoms with Gasteiger partial charge in [-0.3, -0.25) is 9.48 Å². The summed E-state index contributed by atoms with van der Waals surface area (Å²) in [5, 5.41) is 8.22. The van der Waals surface area contributed by atoms with Crippen molar-refractivity contribution in [3.63, 3.8) is 0 Å². The lowest BCUT2D eigenvalue weighted by Gasteiger charge is -2.03. The average molecular weight is 370 g/mol. The van der Waals surface area contributed by atoms with Crippen molar-refractivity contribution in [3.05, 3.63) is 52.8 Å². The number of nitrogens with zero attached hydrogens (tertiary/aromatic N) is 3. The number of nitrogens with one attached hydrogen (secondary N) is 1. The molecule has 0 aliphatic heterocycles. The monoisotopic (exact) mass is 370 g/mol. The molecule has 6 nitrogen and oxygen atoms in total. The molecule has 1 aromatic carbocycles. The third kappa shape index (κ3) is 3.94. The number of aromatic nitrogens is 3. The summed E-state index contributed by atoms with van der Waals surface area (Å²) in [7, 11) is 3.43. The molecule has 0 saturated carbocycles. The summed E-state index contributed by atoms with van der Waals surface area (Å²) >= 11 is 1.55. The molecule has 0 atom stereocenters. The molecule has 3 rings (SSSR count). The van der Waals surface area contributed by atoms with E-state index in [-0.39, 0.29) is 11.8 Å². The molecule has 0 aliphatic rings. The molecule has 0 saturated heterocycles. The molecule has 0 spiro atoms. The van der Waals surface area contributed by atoms with E-state index in [2.05, 4.69) is 29.2 Å². The third-order valence-corrected chi connectivity index (χ3v) is 5.06. The zero-order valence-electron chi connectivity index (χ0n) is 15.3. The minimum absolute atomic E-state index is 0.136. The molecule has 0 fully saturated rings. The zero-order chi connectivity index (χ0) is 18.7. The van der Waals surface area contributed by atoms with Crippen molar-refractivity contribution in [2.24, 2.45) is 7.05 Å². The number of benzene rings is 1. The van der Waals surface area contributed by atoms with Gasteiger partial charge in [-0.05, 0) is 24.1 Å². The highest BCUT2D eigenvalue weighted by Crippen LogP contribution is 2.27. The summed E-state index contributed by atoms with van der Waals surface area (Å²) in [5.74, 6) is 0.947. The number of ether oxygens (including phenoxy) is 1. The van der Waals surface area contributed by atoms with E-state index >= 15 is 0 Å². The number of methoxy groups -OCH3 is 1. The predicted octanol–water partition coefficient (Wildman–Crippen LogP) is 3.61. The standard InChI is InChI=1S/C19H22N4O2S/c1-12(2)16-9-17(23(3)22-16)18(24)20-10-15-11-21-19(26-15)13-6-5-7-14(8-13)25-4/h5-9,11-12H,10H2,1-4H3,(H,20,24). The number of hydrogen-bond donors (Lipinski definition) is 1. The summed E-state index contributed by atoms with van der Waals surface area (Å²) in [6, 6.07) is 9.62. The Morgan fingerprint density at radius 3 is 2.85 bits per heavy atom. The molecule has 3 aromatic rings. The fourth-order valence-electron chi connectivity index (χ4n) is 2.52. The van der Waals surface area contributed by atoms with Gasteiger partial charge in [0.25, 0.3) is 5.91 Å². The second-order valence-corrected chi connectivity index (χ2v) is 7.39. The Balaban J connectivity index is 1.67. The fraction of sp³-hybridized carbons (Fsp3) is 0.316. The first-order chi connectivity index (χ1) is 12.5. The maximum atomic E-state index is 12.4. The van der Waals surface area contributed by atoms with Gasteiger partial charge in [0.15, 0.2) is 0 Å². The summed E-state index contributed by atoms with van der Waals surface area (Å²) in [6.45, 7) is 4.55. The fourth-order valence-corrected chi connectivity index (χ4v) is 3.37. The summed E-state index contributed by atoms with van der Waals surface area (Å²) < 4.78 is 6.88. The molecule has 136 valence electrons. The van der Waals surface area contributed by atoms with Crippen molar-refractivity contribution < 1.29 is 9.53 Å². The van der Waals surface area contributed by atoms with Gasteiger partial charge >= 0.3 is 0 Å². The molecule has 2 heterocycles. The van der Waals surface area contributed by atoms with Crippen LogP contribution in [0.25, 0.3) is 10.6 Å². The number of aryl methyl sites for hydroxylation is 1. The van der Waals surface area contributed by atoms with Crippen LogP contribution in [0.15, 0.2) is 36.5 Å². The Labute approximate surface area is 156 Å². The summed E-state index contributed by atoms with van der Waals surface area (Å²) in [5.41, 5.74) is 2.47. The first kappa shape index (κ1) is 18.1. The molecular formula is C19H22N4O2S. The van der Waals surface area contributed by atoms with Gasteiger partial charge in [-0.15, -0.1) is 11.3 Å². The molecule has 7 heteroatoms. The molecule has 26 heavy (non-hydrogen) atoms. The molecule has 0 radical (unpaired) electrons. The highest BCUT2D eigenvalue weighted by Gasteiger charge is 2.15. The van der Waals surface area contributed by atoms with Crippen LogP contribution in [0, 0.1) is 0 Å².